The first kappa shape index (κ1) is 12.4. The van der Waals surface area contributed by atoms with E-state index in [9.17, 15) is 4.79 Å². The Balaban J connectivity index is 1.59. The zero-order valence-electron chi connectivity index (χ0n) is 9.58. The molecule has 1 heterocycles. The van der Waals surface area contributed by atoms with E-state index in [0.29, 0.717) is 12.5 Å². The number of rotatable bonds is 6. The Labute approximate surface area is 109 Å². The van der Waals surface area contributed by atoms with E-state index in [0.717, 1.165) is 36.1 Å². The summed E-state index contributed by atoms with van der Waals surface area (Å²) in [6, 6.07) is 4.31. The molecule has 1 aromatic heterocycles. The van der Waals surface area contributed by atoms with E-state index in [2.05, 4.69) is 31.5 Å². The van der Waals surface area contributed by atoms with Gasteiger partial charge in [-0.25, -0.2) is 4.98 Å². The molecule has 0 saturated heterocycles. The van der Waals surface area contributed by atoms with Crippen LogP contribution in [0.2, 0.25) is 0 Å². The lowest BCUT2D eigenvalue weighted by molar-refractivity contribution is -0.121. The first-order valence-electron chi connectivity index (χ1n) is 5.89. The number of nitrogens with zero attached hydrogens (tertiary/aromatic N) is 1. The van der Waals surface area contributed by atoms with Gasteiger partial charge in [0.05, 0.1) is 0 Å². The summed E-state index contributed by atoms with van der Waals surface area (Å²) in [5, 5.41) is 6.16. The Morgan fingerprint density at radius 1 is 1.47 bits per heavy atom. The fourth-order valence-corrected chi connectivity index (χ4v) is 1.71. The second kappa shape index (κ2) is 6.00. The standard InChI is InChI=1S/C12H16BrN3O/c13-9-3-6-11(15-8-9)14-7-1-2-12(17)16-10-4-5-10/h3,6,8,10H,1-2,4-5,7H2,(H,14,15)(H,16,17). The fraction of sp³-hybridized carbons (Fsp3) is 0.500. The van der Waals surface area contributed by atoms with Crippen LogP contribution in [0.3, 0.4) is 0 Å². The number of pyridine rings is 1. The molecule has 0 radical (unpaired) electrons. The maximum atomic E-state index is 11.4. The molecule has 2 N–H and O–H groups in total. The van der Waals surface area contributed by atoms with Crippen molar-refractivity contribution >= 4 is 27.7 Å². The van der Waals surface area contributed by atoms with E-state index < -0.39 is 0 Å². The molecule has 4 nitrogen and oxygen atoms in total. The molecular weight excluding hydrogens is 282 g/mol. The Morgan fingerprint density at radius 2 is 2.29 bits per heavy atom. The second-order valence-electron chi connectivity index (χ2n) is 4.23. The van der Waals surface area contributed by atoms with Crippen LogP contribution in [0.4, 0.5) is 5.82 Å². The number of hydrogen-bond donors (Lipinski definition) is 2. The highest BCUT2D eigenvalue weighted by Crippen LogP contribution is 2.18. The van der Waals surface area contributed by atoms with Crippen molar-refractivity contribution in [2.75, 3.05) is 11.9 Å². The van der Waals surface area contributed by atoms with Crippen LogP contribution in [0.15, 0.2) is 22.8 Å². The molecule has 5 heteroatoms. The highest BCUT2D eigenvalue weighted by Gasteiger charge is 2.22. The van der Waals surface area contributed by atoms with Gasteiger partial charge in [0.1, 0.15) is 5.82 Å². The third-order valence-electron chi connectivity index (χ3n) is 2.56. The number of nitrogens with one attached hydrogen (secondary N) is 2. The first-order chi connectivity index (χ1) is 8.24. The highest BCUT2D eigenvalue weighted by atomic mass is 79.9. The van der Waals surface area contributed by atoms with Gasteiger partial charge in [0.25, 0.3) is 0 Å². The van der Waals surface area contributed by atoms with E-state index in [1.54, 1.807) is 6.20 Å². The minimum Gasteiger partial charge on any atom is -0.370 e. The zero-order chi connectivity index (χ0) is 12.1. The van der Waals surface area contributed by atoms with E-state index >= 15 is 0 Å². The molecule has 1 aliphatic carbocycles. The van der Waals surface area contributed by atoms with Crippen LogP contribution in [-0.4, -0.2) is 23.5 Å². The van der Waals surface area contributed by atoms with Crippen LogP contribution in [0, 0.1) is 0 Å². The minimum absolute atomic E-state index is 0.165. The summed E-state index contributed by atoms with van der Waals surface area (Å²) in [5.74, 6) is 1.01. The third kappa shape index (κ3) is 4.73. The summed E-state index contributed by atoms with van der Waals surface area (Å²) in [6.07, 6.45) is 5.46. The van der Waals surface area contributed by atoms with Crippen LogP contribution < -0.4 is 10.6 Å². The molecule has 0 atom stereocenters. The lowest BCUT2D eigenvalue weighted by Gasteiger charge is -2.05. The minimum atomic E-state index is 0.165. The van der Waals surface area contributed by atoms with Gasteiger partial charge >= 0.3 is 0 Å². The fourth-order valence-electron chi connectivity index (χ4n) is 1.47. The average Bonchev–Trinajstić information content (AvgIpc) is 3.11. The number of aromatic nitrogens is 1. The van der Waals surface area contributed by atoms with Crippen molar-refractivity contribution in [3.8, 4) is 0 Å². The Kier molecular flexibility index (Phi) is 4.36. The SMILES string of the molecule is O=C(CCCNc1ccc(Br)cn1)NC1CC1. The summed E-state index contributed by atoms with van der Waals surface area (Å²) < 4.78 is 0.965. The highest BCUT2D eigenvalue weighted by molar-refractivity contribution is 9.10. The molecule has 1 fully saturated rings. The van der Waals surface area contributed by atoms with E-state index in [1.165, 1.54) is 0 Å². The van der Waals surface area contributed by atoms with Crippen molar-refractivity contribution in [3.05, 3.63) is 22.8 Å². The van der Waals surface area contributed by atoms with Gasteiger partial charge in [-0.05, 0) is 47.3 Å². The number of hydrogen-bond acceptors (Lipinski definition) is 3. The van der Waals surface area contributed by atoms with Crippen molar-refractivity contribution in [1.29, 1.82) is 0 Å². The van der Waals surface area contributed by atoms with Crippen molar-refractivity contribution in [2.24, 2.45) is 0 Å². The van der Waals surface area contributed by atoms with E-state index in [4.69, 9.17) is 0 Å². The lowest BCUT2D eigenvalue weighted by Crippen LogP contribution is -2.25. The van der Waals surface area contributed by atoms with Crippen molar-refractivity contribution in [2.45, 2.75) is 31.7 Å². The molecule has 0 aliphatic heterocycles. The van der Waals surface area contributed by atoms with Crippen LogP contribution in [0.5, 0.6) is 0 Å². The number of carbonyl (C=O) groups is 1. The summed E-state index contributed by atoms with van der Waals surface area (Å²) in [5.41, 5.74) is 0. The summed E-state index contributed by atoms with van der Waals surface area (Å²) in [4.78, 5) is 15.6. The first-order valence-corrected chi connectivity index (χ1v) is 6.68. The van der Waals surface area contributed by atoms with Crippen LogP contribution in [-0.2, 0) is 4.79 Å². The molecular formula is C12H16BrN3O. The molecule has 2 rings (SSSR count). The van der Waals surface area contributed by atoms with Crippen LogP contribution in [0.25, 0.3) is 0 Å². The number of amides is 1. The van der Waals surface area contributed by atoms with Gasteiger partial charge < -0.3 is 10.6 Å². The van der Waals surface area contributed by atoms with E-state index in [1.807, 2.05) is 12.1 Å². The number of carbonyl (C=O) groups excluding carboxylic acids is 1. The molecule has 0 aromatic carbocycles. The largest absolute Gasteiger partial charge is 0.370 e. The van der Waals surface area contributed by atoms with Gasteiger partial charge in [-0.3, -0.25) is 4.79 Å². The normalized spacial score (nSPS) is 14.4. The number of halogens is 1. The maximum Gasteiger partial charge on any atom is 0.220 e. The van der Waals surface area contributed by atoms with Crippen molar-refractivity contribution < 1.29 is 4.79 Å². The zero-order valence-corrected chi connectivity index (χ0v) is 11.2. The van der Waals surface area contributed by atoms with Crippen molar-refractivity contribution in [3.63, 3.8) is 0 Å². The van der Waals surface area contributed by atoms with Gasteiger partial charge in [-0.15, -0.1) is 0 Å². The molecule has 0 spiro atoms. The van der Waals surface area contributed by atoms with Gasteiger partial charge in [0.2, 0.25) is 5.91 Å². The Hall–Kier alpha value is -1.10. The molecule has 1 amide bonds. The molecule has 0 unspecified atom stereocenters. The Morgan fingerprint density at radius 3 is 2.94 bits per heavy atom. The second-order valence-corrected chi connectivity index (χ2v) is 5.15. The summed E-state index contributed by atoms with van der Waals surface area (Å²) in [7, 11) is 0. The van der Waals surface area contributed by atoms with Gasteiger partial charge in [0.15, 0.2) is 0 Å². The smallest absolute Gasteiger partial charge is 0.220 e. The molecule has 1 aliphatic rings. The maximum absolute atomic E-state index is 11.4. The molecule has 92 valence electrons. The summed E-state index contributed by atoms with van der Waals surface area (Å²) >= 11 is 3.33. The monoisotopic (exact) mass is 297 g/mol. The number of anilines is 1. The Bertz CT molecular complexity index is 376. The van der Waals surface area contributed by atoms with E-state index in [-0.39, 0.29) is 5.91 Å². The topological polar surface area (TPSA) is 54.0 Å². The molecule has 17 heavy (non-hydrogen) atoms. The quantitative estimate of drug-likeness (QED) is 0.792. The van der Waals surface area contributed by atoms with Gasteiger partial charge in [-0.2, -0.15) is 0 Å². The lowest BCUT2D eigenvalue weighted by atomic mass is 10.3. The predicted octanol–water partition coefficient (Wildman–Crippen LogP) is 2.31. The van der Waals surface area contributed by atoms with Crippen molar-refractivity contribution in [1.82, 2.24) is 10.3 Å². The molecule has 1 aromatic rings. The average molecular weight is 298 g/mol. The van der Waals surface area contributed by atoms with Crippen LogP contribution >= 0.6 is 15.9 Å². The predicted molar refractivity (Wildman–Crippen MR) is 70.8 cm³/mol. The third-order valence-corrected chi connectivity index (χ3v) is 3.03. The molecule has 0 bridgehead atoms. The van der Waals surface area contributed by atoms with Gasteiger partial charge in [-0.1, -0.05) is 0 Å². The van der Waals surface area contributed by atoms with Crippen LogP contribution in [0.1, 0.15) is 25.7 Å². The van der Waals surface area contributed by atoms with Gasteiger partial charge in [0, 0.05) is 29.7 Å². The molecule has 1 saturated carbocycles. The summed E-state index contributed by atoms with van der Waals surface area (Å²) in [6.45, 7) is 0.771.